The summed E-state index contributed by atoms with van der Waals surface area (Å²) in [4.78, 5) is 15.6. The SMILES string of the molecule is O=C(N[C@@H]1C[C@H]2CC[C@@H]1N2)c1ccc(-c2ccc(Br)cc2)[nH]1. The molecule has 2 aliphatic rings. The lowest BCUT2D eigenvalue weighted by atomic mass is 9.95. The molecule has 2 fully saturated rings. The number of rotatable bonds is 3. The monoisotopic (exact) mass is 359 g/mol. The maximum atomic E-state index is 12.4. The Kier molecular flexibility index (Phi) is 3.54. The number of amides is 1. The van der Waals surface area contributed by atoms with Crippen molar-refractivity contribution in [3.63, 3.8) is 0 Å². The van der Waals surface area contributed by atoms with Crippen LogP contribution in [0.15, 0.2) is 40.9 Å². The van der Waals surface area contributed by atoms with Gasteiger partial charge >= 0.3 is 0 Å². The number of halogens is 1. The van der Waals surface area contributed by atoms with Crippen molar-refractivity contribution in [3.05, 3.63) is 46.6 Å². The van der Waals surface area contributed by atoms with Crippen LogP contribution in [-0.2, 0) is 0 Å². The first-order valence-corrected chi connectivity index (χ1v) is 8.50. The number of aromatic amines is 1. The summed E-state index contributed by atoms with van der Waals surface area (Å²) in [7, 11) is 0. The number of hydrogen-bond donors (Lipinski definition) is 3. The first kappa shape index (κ1) is 14.0. The van der Waals surface area contributed by atoms with Gasteiger partial charge in [-0.2, -0.15) is 0 Å². The van der Waals surface area contributed by atoms with E-state index in [9.17, 15) is 4.79 Å². The molecule has 5 heteroatoms. The number of carbonyl (C=O) groups excluding carboxylic acids is 1. The normalized spacial score (nSPS) is 26.3. The first-order chi connectivity index (χ1) is 10.7. The zero-order chi connectivity index (χ0) is 15.1. The van der Waals surface area contributed by atoms with E-state index in [1.807, 2.05) is 36.4 Å². The summed E-state index contributed by atoms with van der Waals surface area (Å²) in [5, 5.41) is 6.70. The molecule has 1 amide bonds. The molecule has 0 radical (unpaired) electrons. The minimum Gasteiger partial charge on any atom is -0.351 e. The molecule has 0 aliphatic carbocycles. The van der Waals surface area contributed by atoms with E-state index in [4.69, 9.17) is 0 Å². The molecule has 114 valence electrons. The van der Waals surface area contributed by atoms with Crippen molar-refractivity contribution in [2.75, 3.05) is 0 Å². The van der Waals surface area contributed by atoms with E-state index in [-0.39, 0.29) is 11.9 Å². The van der Waals surface area contributed by atoms with Crippen molar-refractivity contribution < 1.29 is 4.79 Å². The van der Waals surface area contributed by atoms with Crippen LogP contribution < -0.4 is 10.6 Å². The van der Waals surface area contributed by atoms with E-state index < -0.39 is 0 Å². The minimum atomic E-state index is -0.0114. The zero-order valence-corrected chi connectivity index (χ0v) is 13.7. The minimum absolute atomic E-state index is 0.0114. The fourth-order valence-corrected chi connectivity index (χ4v) is 3.82. The van der Waals surface area contributed by atoms with Gasteiger partial charge in [0.2, 0.25) is 0 Å². The average Bonchev–Trinajstić information content (AvgIpc) is 3.24. The Labute approximate surface area is 137 Å². The Balaban J connectivity index is 1.46. The highest BCUT2D eigenvalue weighted by Gasteiger charge is 2.39. The average molecular weight is 360 g/mol. The highest BCUT2D eigenvalue weighted by molar-refractivity contribution is 9.10. The highest BCUT2D eigenvalue weighted by Crippen LogP contribution is 2.28. The lowest BCUT2D eigenvalue weighted by Crippen LogP contribution is -2.43. The number of carbonyl (C=O) groups is 1. The summed E-state index contributed by atoms with van der Waals surface area (Å²) in [5.41, 5.74) is 2.66. The van der Waals surface area contributed by atoms with Gasteiger partial charge in [0.1, 0.15) is 5.69 Å². The second-order valence-electron chi connectivity index (χ2n) is 6.16. The van der Waals surface area contributed by atoms with E-state index >= 15 is 0 Å². The van der Waals surface area contributed by atoms with Crippen LogP contribution in [0.2, 0.25) is 0 Å². The van der Waals surface area contributed by atoms with Gasteiger partial charge in [0.25, 0.3) is 5.91 Å². The number of hydrogen-bond acceptors (Lipinski definition) is 2. The molecular formula is C17H18BrN3O. The topological polar surface area (TPSA) is 56.9 Å². The quantitative estimate of drug-likeness (QED) is 0.788. The lowest BCUT2D eigenvalue weighted by molar-refractivity contribution is 0.0926. The second-order valence-corrected chi connectivity index (χ2v) is 7.07. The van der Waals surface area contributed by atoms with Crippen LogP contribution in [-0.4, -0.2) is 29.0 Å². The molecule has 4 rings (SSSR count). The molecule has 3 atom stereocenters. The molecule has 4 nitrogen and oxygen atoms in total. The van der Waals surface area contributed by atoms with Crippen molar-refractivity contribution in [2.45, 2.75) is 37.4 Å². The Morgan fingerprint density at radius 2 is 1.95 bits per heavy atom. The third-order valence-corrected chi connectivity index (χ3v) is 5.23. The summed E-state index contributed by atoms with van der Waals surface area (Å²) in [6.07, 6.45) is 3.47. The Hall–Kier alpha value is -1.59. The third-order valence-electron chi connectivity index (χ3n) is 4.70. The summed E-state index contributed by atoms with van der Waals surface area (Å²) < 4.78 is 1.05. The number of benzene rings is 1. The van der Waals surface area contributed by atoms with Crippen LogP contribution in [0.1, 0.15) is 29.8 Å². The fourth-order valence-electron chi connectivity index (χ4n) is 3.56. The van der Waals surface area contributed by atoms with Crippen molar-refractivity contribution in [2.24, 2.45) is 0 Å². The van der Waals surface area contributed by atoms with Crippen LogP contribution in [0.5, 0.6) is 0 Å². The Morgan fingerprint density at radius 1 is 1.14 bits per heavy atom. The van der Waals surface area contributed by atoms with Gasteiger partial charge in [0.15, 0.2) is 0 Å². The van der Waals surface area contributed by atoms with E-state index in [0.717, 1.165) is 22.2 Å². The number of H-pyrrole nitrogens is 1. The van der Waals surface area contributed by atoms with Crippen molar-refractivity contribution in [1.82, 2.24) is 15.6 Å². The smallest absolute Gasteiger partial charge is 0.267 e. The number of nitrogens with one attached hydrogen (secondary N) is 3. The molecule has 0 saturated carbocycles. The van der Waals surface area contributed by atoms with Gasteiger partial charge in [-0.05, 0) is 49.1 Å². The van der Waals surface area contributed by atoms with Crippen LogP contribution in [0.25, 0.3) is 11.3 Å². The summed E-state index contributed by atoms with van der Waals surface area (Å²) >= 11 is 3.43. The summed E-state index contributed by atoms with van der Waals surface area (Å²) in [6.45, 7) is 0. The molecule has 3 N–H and O–H groups in total. The van der Waals surface area contributed by atoms with Gasteiger partial charge in [-0.15, -0.1) is 0 Å². The molecule has 0 unspecified atom stereocenters. The van der Waals surface area contributed by atoms with Crippen LogP contribution in [0.4, 0.5) is 0 Å². The molecule has 2 bridgehead atoms. The highest BCUT2D eigenvalue weighted by atomic mass is 79.9. The molecule has 22 heavy (non-hydrogen) atoms. The van der Waals surface area contributed by atoms with Gasteiger partial charge in [-0.3, -0.25) is 4.79 Å². The summed E-state index contributed by atoms with van der Waals surface area (Å²) in [5.74, 6) is -0.0114. The van der Waals surface area contributed by atoms with E-state index in [2.05, 4.69) is 31.5 Å². The first-order valence-electron chi connectivity index (χ1n) is 7.71. The predicted molar refractivity (Wildman–Crippen MR) is 89.7 cm³/mol. The Morgan fingerprint density at radius 3 is 2.64 bits per heavy atom. The molecule has 1 aromatic carbocycles. The number of fused-ring (bicyclic) bond motifs is 2. The maximum Gasteiger partial charge on any atom is 0.267 e. The van der Waals surface area contributed by atoms with Crippen molar-refractivity contribution in [3.8, 4) is 11.3 Å². The van der Waals surface area contributed by atoms with Crippen molar-refractivity contribution in [1.29, 1.82) is 0 Å². The molecule has 0 spiro atoms. The van der Waals surface area contributed by atoms with Crippen molar-refractivity contribution >= 4 is 21.8 Å². The standard InChI is InChI=1S/C17H18BrN3O/c18-11-3-1-10(2-4-11)13-7-8-15(20-13)17(22)21-16-9-12-5-6-14(16)19-12/h1-4,7-8,12,14,16,19-20H,5-6,9H2,(H,21,22)/t12-,14+,16-/m1/s1. The zero-order valence-electron chi connectivity index (χ0n) is 12.1. The molecule has 2 saturated heterocycles. The predicted octanol–water partition coefficient (Wildman–Crippen LogP) is 3.07. The van der Waals surface area contributed by atoms with Gasteiger partial charge in [-0.25, -0.2) is 0 Å². The van der Waals surface area contributed by atoms with Gasteiger partial charge in [0.05, 0.1) is 0 Å². The fraction of sp³-hybridized carbons (Fsp3) is 0.353. The van der Waals surface area contributed by atoms with E-state index in [0.29, 0.717) is 17.8 Å². The Bertz CT molecular complexity index is 694. The summed E-state index contributed by atoms with van der Waals surface area (Å²) in [6, 6.07) is 13.2. The van der Waals surface area contributed by atoms with Gasteiger partial charge in [-0.1, -0.05) is 28.1 Å². The molecule has 1 aromatic heterocycles. The van der Waals surface area contributed by atoms with Crippen LogP contribution in [0, 0.1) is 0 Å². The van der Waals surface area contributed by atoms with Gasteiger partial charge < -0.3 is 15.6 Å². The van der Waals surface area contributed by atoms with Crippen LogP contribution in [0.3, 0.4) is 0 Å². The molecule has 3 heterocycles. The lowest BCUT2D eigenvalue weighted by Gasteiger charge is -2.21. The third kappa shape index (κ3) is 2.59. The van der Waals surface area contributed by atoms with Gasteiger partial charge in [0, 0.05) is 28.3 Å². The number of aromatic nitrogens is 1. The van der Waals surface area contributed by atoms with Crippen LogP contribution >= 0.6 is 15.9 Å². The molecular weight excluding hydrogens is 342 g/mol. The molecule has 2 aromatic rings. The van der Waals surface area contributed by atoms with E-state index in [1.165, 1.54) is 12.8 Å². The molecule has 2 aliphatic heterocycles. The second kappa shape index (κ2) is 5.56. The largest absolute Gasteiger partial charge is 0.351 e. The maximum absolute atomic E-state index is 12.4. The van der Waals surface area contributed by atoms with E-state index in [1.54, 1.807) is 0 Å².